The van der Waals surface area contributed by atoms with Crippen LogP contribution in [0, 0.1) is 0 Å². The summed E-state index contributed by atoms with van der Waals surface area (Å²) in [5.74, 6) is -2.14. The van der Waals surface area contributed by atoms with Crippen LogP contribution in [0.1, 0.15) is 67.7 Å². The molecule has 0 aliphatic carbocycles. The molecule has 0 unspecified atom stereocenters. The van der Waals surface area contributed by atoms with Crippen LogP contribution in [0.25, 0.3) is 11.0 Å². The Morgan fingerprint density at radius 1 is 1.00 bits per heavy atom. The van der Waals surface area contributed by atoms with Crippen LogP contribution >= 0.6 is 11.6 Å². The van der Waals surface area contributed by atoms with Gasteiger partial charge in [0.2, 0.25) is 0 Å². The van der Waals surface area contributed by atoms with Crippen LogP contribution in [0.4, 0.5) is 35.3 Å². The van der Waals surface area contributed by atoms with Crippen LogP contribution in [0.5, 0.6) is 0 Å². The van der Waals surface area contributed by atoms with E-state index >= 15 is 0 Å². The first-order chi connectivity index (χ1) is 24.6. The van der Waals surface area contributed by atoms with Gasteiger partial charge in [-0.1, -0.05) is 18.5 Å². The van der Waals surface area contributed by atoms with E-state index in [1.165, 1.54) is 0 Å². The number of nitrogens with two attached hydrogens (primary N) is 2. The minimum absolute atomic E-state index is 0.0513. The highest BCUT2D eigenvalue weighted by molar-refractivity contribution is 6.31. The lowest BCUT2D eigenvalue weighted by atomic mass is 10.1. The van der Waals surface area contributed by atoms with Crippen LogP contribution in [0.3, 0.4) is 0 Å². The van der Waals surface area contributed by atoms with Crippen molar-refractivity contribution in [2.24, 2.45) is 0 Å². The van der Waals surface area contributed by atoms with E-state index < -0.39 is 23.7 Å². The molecule has 0 spiro atoms. The number of piperazine rings is 1. The second-order valence-corrected chi connectivity index (χ2v) is 13.5. The molecule has 5 N–H and O–H groups in total. The topological polar surface area (TPSA) is 195 Å². The van der Waals surface area contributed by atoms with Crippen molar-refractivity contribution in [1.29, 1.82) is 0 Å². The molecular weight excluding hydrogens is 725 g/mol. The van der Waals surface area contributed by atoms with Gasteiger partial charge in [0.25, 0.3) is 17.6 Å². The number of amides is 3. The third-order valence-corrected chi connectivity index (χ3v) is 8.21. The lowest BCUT2D eigenvalue weighted by Crippen LogP contribution is -2.51. The molecule has 53 heavy (non-hydrogen) atoms. The SMILES string of the molecule is CCC[n+]1c(CNC(=O)c2nc(Cl)c(N)nc2N)n(CC)c2cc(C(=O)N3CCN(C(=O)OC(C)(C)C)CC3)c(N(C)C)cc21.COC(=O)C(F)(F)F. The van der Waals surface area contributed by atoms with Gasteiger partial charge in [-0.2, -0.15) is 13.2 Å². The maximum Gasteiger partial charge on any atom is 0.490 e. The van der Waals surface area contributed by atoms with Gasteiger partial charge >= 0.3 is 18.2 Å². The Bertz CT molecular complexity index is 1840. The van der Waals surface area contributed by atoms with Crippen molar-refractivity contribution in [3.05, 3.63) is 34.4 Å². The van der Waals surface area contributed by atoms with Crippen molar-refractivity contribution >= 4 is 63.8 Å². The van der Waals surface area contributed by atoms with Crippen molar-refractivity contribution in [3.63, 3.8) is 0 Å². The fourth-order valence-electron chi connectivity index (χ4n) is 5.54. The number of carbonyl (C=O) groups excluding carboxylic acids is 4. The number of benzene rings is 1. The van der Waals surface area contributed by atoms with Gasteiger partial charge in [0.1, 0.15) is 12.1 Å². The Morgan fingerprint density at radius 2 is 1.60 bits per heavy atom. The number of nitrogens with zero attached hydrogens (tertiary/aromatic N) is 7. The molecule has 1 aliphatic rings. The summed E-state index contributed by atoms with van der Waals surface area (Å²) in [7, 11) is 4.49. The largest absolute Gasteiger partial charge is 0.490 e. The van der Waals surface area contributed by atoms with Gasteiger partial charge in [0, 0.05) is 52.4 Å². The van der Waals surface area contributed by atoms with Gasteiger partial charge in [-0.15, -0.1) is 0 Å². The number of aromatic nitrogens is 4. The van der Waals surface area contributed by atoms with Gasteiger partial charge < -0.3 is 41.0 Å². The molecule has 3 aromatic rings. The molecule has 3 heterocycles. The van der Waals surface area contributed by atoms with Crippen molar-refractivity contribution in [2.45, 2.75) is 72.5 Å². The molecule has 292 valence electrons. The predicted octanol–water partition coefficient (Wildman–Crippen LogP) is 3.38. The number of methoxy groups -OCH3 is 1. The first kappa shape index (κ1) is 42.3. The van der Waals surface area contributed by atoms with E-state index in [1.807, 2.05) is 58.8 Å². The number of nitrogens with one attached hydrogen (secondary N) is 1. The summed E-state index contributed by atoms with van der Waals surface area (Å²) in [6.45, 7) is 12.6. The van der Waals surface area contributed by atoms with Gasteiger partial charge in [0.15, 0.2) is 33.5 Å². The molecule has 20 heteroatoms. The number of anilines is 3. The van der Waals surface area contributed by atoms with Crippen molar-refractivity contribution in [1.82, 2.24) is 29.7 Å². The molecule has 1 aliphatic heterocycles. The van der Waals surface area contributed by atoms with E-state index in [4.69, 9.17) is 27.8 Å². The minimum atomic E-state index is -4.85. The van der Waals surface area contributed by atoms with Crippen LogP contribution in [-0.4, -0.2) is 107 Å². The third kappa shape index (κ3) is 10.3. The summed E-state index contributed by atoms with van der Waals surface area (Å²) in [6.07, 6.45) is -4.38. The first-order valence-electron chi connectivity index (χ1n) is 16.7. The maximum atomic E-state index is 14.0. The average Bonchev–Trinajstić information content (AvgIpc) is 3.37. The lowest BCUT2D eigenvalue weighted by molar-refractivity contribution is -0.680. The number of carbonyl (C=O) groups is 4. The molecule has 0 atom stereocenters. The maximum absolute atomic E-state index is 14.0. The number of aryl methyl sites for hydroxylation is 2. The Balaban J connectivity index is 0.000000846. The Morgan fingerprint density at radius 3 is 2.09 bits per heavy atom. The van der Waals surface area contributed by atoms with Crippen molar-refractivity contribution in [2.75, 3.05) is 63.8 Å². The zero-order valence-corrected chi connectivity index (χ0v) is 31.8. The Kier molecular flexibility index (Phi) is 13.7. The predicted molar refractivity (Wildman–Crippen MR) is 191 cm³/mol. The number of fused-ring (bicyclic) bond motifs is 1. The highest BCUT2D eigenvalue weighted by atomic mass is 35.5. The second kappa shape index (κ2) is 17.2. The molecule has 1 aromatic carbocycles. The number of rotatable bonds is 8. The van der Waals surface area contributed by atoms with Crippen molar-refractivity contribution in [3.8, 4) is 0 Å². The molecule has 0 radical (unpaired) electrons. The standard InChI is InChI=1S/C30H43ClN10O4.C3H3F3O2/c1-8-10-41-21-16-19(37(6)7)18(28(43)38-11-13-39(14-12-38)29(44)45-30(3,4)5)15-20(21)40(9-2)22(41)17-34-27(42)23-25(32)36-26(33)24(31)35-23;1-8-2(7)3(4,5)6/h15-16H,8-14,17H2,1-7H3,(H4-,32,33,34,36,42);1H3/p+1. The average molecular weight is 772 g/mol. The third-order valence-electron chi connectivity index (χ3n) is 7.94. The minimum Gasteiger partial charge on any atom is -0.462 e. The molecule has 16 nitrogen and oxygen atoms in total. The molecule has 1 fully saturated rings. The summed E-state index contributed by atoms with van der Waals surface area (Å²) in [5.41, 5.74) is 14.0. The van der Waals surface area contributed by atoms with E-state index in [-0.39, 0.29) is 41.0 Å². The molecule has 2 aromatic heterocycles. The van der Waals surface area contributed by atoms with Crippen LogP contribution in [0.15, 0.2) is 12.1 Å². The van der Waals surface area contributed by atoms with Crippen LogP contribution < -0.4 is 26.3 Å². The fourth-order valence-corrected chi connectivity index (χ4v) is 5.66. The lowest BCUT2D eigenvalue weighted by Gasteiger charge is -2.36. The Labute approximate surface area is 310 Å². The number of esters is 1. The fraction of sp³-hybridized carbons (Fsp3) is 0.545. The van der Waals surface area contributed by atoms with Crippen LogP contribution in [-0.2, 0) is 33.9 Å². The van der Waals surface area contributed by atoms with Crippen LogP contribution in [0.2, 0.25) is 5.15 Å². The number of hydrogen-bond donors (Lipinski definition) is 3. The zero-order valence-electron chi connectivity index (χ0n) is 31.1. The number of hydrogen-bond acceptors (Lipinski definition) is 11. The van der Waals surface area contributed by atoms with E-state index in [9.17, 15) is 32.3 Å². The monoisotopic (exact) mass is 771 g/mol. The van der Waals surface area contributed by atoms with E-state index in [0.29, 0.717) is 51.9 Å². The quantitative estimate of drug-likeness (QED) is 0.225. The highest BCUT2D eigenvalue weighted by Gasteiger charge is 2.40. The van der Waals surface area contributed by atoms with E-state index in [2.05, 4.69) is 36.1 Å². The molecule has 1 saturated heterocycles. The molecule has 0 saturated carbocycles. The molecule has 0 bridgehead atoms. The number of halogens is 4. The van der Waals surface area contributed by atoms with Gasteiger partial charge in [-0.05, 0) is 34.1 Å². The number of nitrogen functional groups attached to an aromatic ring is 2. The number of ether oxygens (including phenoxy) is 2. The van der Waals surface area contributed by atoms with Gasteiger partial charge in [-0.25, -0.2) is 28.7 Å². The van der Waals surface area contributed by atoms with E-state index in [0.717, 1.165) is 29.0 Å². The first-order valence-corrected chi connectivity index (χ1v) is 17.1. The smallest absolute Gasteiger partial charge is 0.462 e. The van der Waals surface area contributed by atoms with E-state index in [1.54, 1.807) is 9.80 Å². The molecule has 4 rings (SSSR count). The number of imidazole rings is 1. The second-order valence-electron chi connectivity index (χ2n) is 13.1. The normalized spacial score (nSPS) is 13.3. The summed E-state index contributed by atoms with van der Waals surface area (Å²) in [4.78, 5) is 62.4. The van der Waals surface area contributed by atoms with Gasteiger partial charge in [0.05, 0.1) is 31.5 Å². The summed E-state index contributed by atoms with van der Waals surface area (Å²) in [5, 5.41) is 2.80. The zero-order chi connectivity index (χ0) is 40.0. The highest BCUT2D eigenvalue weighted by Crippen LogP contribution is 2.28. The van der Waals surface area contributed by atoms with Gasteiger partial charge in [-0.3, -0.25) is 9.59 Å². The number of alkyl halides is 3. The Hall–Kier alpha value is -5.07. The van der Waals surface area contributed by atoms with Crippen molar-refractivity contribution < 1.29 is 46.4 Å². The summed E-state index contributed by atoms with van der Waals surface area (Å²) < 4.78 is 46.0. The molecular formula is C33H47ClF3N10O6+. The molecule has 3 amide bonds. The summed E-state index contributed by atoms with van der Waals surface area (Å²) >= 11 is 6.00. The summed E-state index contributed by atoms with van der Waals surface area (Å²) in [6, 6.07) is 3.95.